The van der Waals surface area contributed by atoms with Crippen molar-refractivity contribution in [2.45, 2.75) is 13.8 Å². The van der Waals surface area contributed by atoms with Crippen molar-refractivity contribution in [3.8, 4) is 5.75 Å². The normalized spacial score (nSPS) is 9.73. The molecule has 0 unspecified atom stereocenters. The van der Waals surface area contributed by atoms with E-state index >= 15 is 0 Å². The van der Waals surface area contributed by atoms with E-state index in [1.54, 1.807) is 31.2 Å². The summed E-state index contributed by atoms with van der Waals surface area (Å²) in [7, 11) is 0. The summed E-state index contributed by atoms with van der Waals surface area (Å²) in [6.45, 7) is 4.51. The Labute approximate surface area is 88.7 Å². The lowest BCUT2D eigenvalue weighted by Gasteiger charge is -2.05. The van der Waals surface area contributed by atoms with Gasteiger partial charge in [-0.05, 0) is 32.0 Å². The number of rotatable bonds is 5. The van der Waals surface area contributed by atoms with E-state index < -0.39 is 5.97 Å². The predicted octanol–water partition coefficient (Wildman–Crippen LogP) is 2.19. The molecule has 0 heterocycles. The monoisotopic (exact) mass is 210 g/mol. The van der Waals surface area contributed by atoms with Gasteiger partial charge in [0.1, 0.15) is 5.75 Å². The van der Waals surface area contributed by atoms with E-state index in [-0.39, 0.29) is 0 Å². The third-order valence-electron chi connectivity index (χ3n) is 1.63. The summed E-state index contributed by atoms with van der Waals surface area (Å²) in [6.07, 6.45) is 0. The number of carbonyl (C=O) groups excluding carboxylic acids is 1. The Balaban J connectivity index is 2.67. The highest BCUT2D eigenvalue weighted by Crippen LogP contribution is 2.14. The van der Waals surface area contributed by atoms with Gasteiger partial charge in [0.15, 0.2) is 0 Å². The van der Waals surface area contributed by atoms with Crippen LogP contribution < -0.4 is 4.74 Å². The maximum atomic E-state index is 11.4. The first-order chi connectivity index (χ1) is 7.27. The van der Waals surface area contributed by atoms with E-state index in [0.29, 0.717) is 24.5 Å². The Morgan fingerprint density at radius 2 is 2.07 bits per heavy atom. The summed E-state index contributed by atoms with van der Waals surface area (Å²) in [4.78, 5) is 20.4. The highest BCUT2D eigenvalue weighted by Gasteiger charge is 2.08. The number of hydrogen-bond donors (Lipinski definition) is 0. The Hall–Kier alpha value is -1.55. The van der Waals surface area contributed by atoms with Gasteiger partial charge in [0.05, 0.1) is 18.8 Å². The molecule has 0 spiro atoms. The van der Waals surface area contributed by atoms with Crippen molar-refractivity contribution in [3.05, 3.63) is 29.8 Å². The number of benzene rings is 1. The van der Waals surface area contributed by atoms with Crippen LogP contribution in [0.5, 0.6) is 5.75 Å². The van der Waals surface area contributed by atoms with Crippen molar-refractivity contribution in [1.82, 2.24) is 0 Å². The maximum Gasteiger partial charge on any atom is 0.373 e. The average molecular weight is 210 g/mol. The highest BCUT2D eigenvalue weighted by atomic mass is 17.2. The molecule has 0 saturated carbocycles. The molecule has 0 aromatic heterocycles. The largest absolute Gasteiger partial charge is 0.494 e. The molecule has 82 valence electrons. The molecule has 0 atom stereocenters. The van der Waals surface area contributed by atoms with Gasteiger partial charge in [0.25, 0.3) is 0 Å². The van der Waals surface area contributed by atoms with E-state index in [9.17, 15) is 4.79 Å². The minimum Gasteiger partial charge on any atom is -0.494 e. The van der Waals surface area contributed by atoms with Crippen LogP contribution >= 0.6 is 0 Å². The highest BCUT2D eigenvalue weighted by molar-refractivity contribution is 5.89. The number of hydrogen-bond acceptors (Lipinski definition) is 4. The minimum atomic E-state index is -0.515. The quantitative estimate of drug-likeness (QED) is 0.552. The molecule has 1 rings (SSSR count). The van der Waals surface area contributed by atoms with Gasteiger partial charge in [-0.2, -0.15) is 4.89 Å². The molecule has 1 aromatic carbocycles. The van der Waals surface area contributed by atoms with Crippen molar-refractivity contribution in [1.29, 1.82) is 0 Å². The fourth-order valence-corrected chi connectivity index (χ4v) is 1.04. The smallest absolute Gasteiger partial charge is 0.373 e. The summed E-state index contributed by atoms with van der Waals surface area (Å²) >= 11 is 0. The Kier molecular flexibility index (Phi) is 4.63. The van der Waals surface area contributed by atoms with Crippen molar-refractivity contribution in [2.75, 3.05) is 13.2 Å². The van der Waals surface area contributed by atoms with Crippen molar-refractivity contribution >= 4 is 5.97 Å². The molecule has 4 heteroatoms. The molecule has 0 aliphatic rings. The van der Waals surface area contributed by atoms with Crippen LogP contribution in [0.25, 0.3) is 0 Å². The molecule has 0 saturated heterocycles. The SMILES string of the molecule is CCOOC(=O)c1cccc(OCC)c1. The zero-order valence-corrected chi connectivity index (χ0v) is 8.86. The van der Waals surface area contributed by atoms with Crippen LogP contribution in [0.2, 0.25) is 0 Å². The van der Waals surface area contributed by atoms with E-state index in [2.05, 4.69) is 9.78 Å². The van der Waals surface area contributed by atoms with E-state index in [4.69, 9.17) is 4.74 Å². The van der Waals surface area contributed by atoms with Gasteiger partial charge in [0.2, 0.25) is 0 Å². The first-order valence-electron chi connectivity index (χ1n) is 4.84. The van der Waals surface area contributed by atoms with E-state index in [0.717, 1.165) is 0 Å². The van der Waals surface area contributed by atoms with Crippen LogP contribution in [-0.4, -0.2) is 19.2 Å². The third-order valence-corrected chi connectivity index (χ3v) is 1.63. The zero-order chi connectivity index (χ0) is 11.1. The zero-order valence-electron chi connectivity index (χ0n) is 8.86. The third kappa shape index (κ3) is 3.59. The Bertz CT molecular complexity index is 322. The second-order valence-electron chi connectivity index (χ2n) is 2.74. The van der Waals surface area contributed by atoms with Gasteiger partial charge in [-0.1, -0.05) is 6.07 Å². The maximum absolute atomic E-state index is 11.4. The topological polar surface area (TPSA) is 44.8 Å². The molecule has 0 amide bonds. The van der Waals surface area contributed by atoms with Gasteiger partial charge in [-0.25, -0.2) is 4.79 Å². The molecule has 0 aliphatic heterocycles. The molecular formula is C11H14O4. The summed E-state index contributed by atoms with van der Waals surface area (Å²) in [6, 6.07) is 6.77. The van der Waals surface area contributed by atoms with Crippen LogP contribution in [0.15, 0.2) is 24.3 Å². The van der Waals surface area contributed by atoms with Crippen LogP contribution in [0.4, 0.5) is 0 Å². The van der Waals surface area contributed by atoms with Crippen LogP contribution in [-0.2, 0) is 9.78 Å². The van der Waals surface area contributed by atoms with E-state index in [1.165, 1.54) is 0 Å². The Morgan fingerprint density at radius 3 is 2.73 bits per heavy atom. The molecular weight excluding hydrogens is 196 g/mol. The second kappa shape index (κ2) is 6.03. The minimum absolute atomic E-state index is 0.330. The fourth-order valence-electron chi connectivity index (χ4n) is 1.04. The summed E-state index contributed by atoms with van der Waals surface area (Å²) < 4.78 is 5.25. The van der Waals surface area contributed by atoms with Crippen LogP contribution in [0.3, 0.4) is 0 Å². The standard InChI is InChI=1S/C11H14O4/c1-3-13-10-7-5-6-9(8-10)11(12)15-14-4-2/h5-8H,3-4H2,1-2H3. The fraction of sp³-hybridized carbons (Fsp3) is 0.364. The molecule has 0 aliphatic carbocycles. The van der Waals surface area contributed by atoms with Gasteiger partial charge >= 0.3 is 5.97 Å². The van der Waals surface area contributed by atoms with Gasteiger partial charge < -0.3 is 4.74 Å². The lowest BCUT2D eigenvalue weighted by Crippen LogP contribution is -2.06. The molecule has 4 nitrogen and oxygen atoms in total. The van der Waals surface area contributed by atoms with Gasteiger partial charge in [0, 0.05) is 0 Å². The first-order valence-corrected chi connectivity index (χ1v) is 4.84. The Morgan fingerprint density at radius 1 is 1.27 bits per heavy atom. The summed E-state index contributed by atoms with van der Waals surface area (Å²) in [5.41, 5.74) is 0.411. The van der Waals surface area contributed by atoms with Crippen molar-refractivity contribution in [2.24, 2.45) is 0 Å². The lowest BCUT2D eigenvalue weighted by atomic mass is 10.2. The van der Waals surface area contributed by atoms with Crippen LogP contribution in [0.1, 0.15) is 24.2 Å². The lowest BCUT2D eigenvalue weighted by molar-refractivity contribution is -0.236. The van der Waals surface area contributed by atoms with Crippen LogP contribution in [0, 0.1) is 0 Å². The average Bonchev–Trinajstić information content (AvgIpc) is 2.27. The predicted molar refractivity (Wildman–Crippen MR) is 54.7 cm³/mol. The molecule has 0 radical (unpaired) electrons. The van der Waals surface area contributed by atoms with Gasteiger partial charge in [-0.15, -0.1) is 0 Å². The van der Waals surface area contributed by atoms with E-state index in [1.807, 2.05) is 6.92 Å². The molecule has 0 bridgehead atoms. The first kappa shape index (κ1) is 11.5. The van der Waals surface area contributed by atoms with Crippen molar-refractivity contribution < 1.29 is 19.3 Å². The summed E-state index contributed by atoms with van der Waals surface area (Å²) in [5, 5.41) is 0. The number of carbonyl (C=O) groups is 1. The molecule has 0 fully saturated rings. The van der Waals surface area contributed by atoms with Gasteiger partial charge in [-0.3, -0.25) is 4.89 Å². The van der Waals surface area contributed by atoms with Crippen molar-refractivity contribution in [3.63, 3.8) is 0 Å². The summed E-state index contributed by atoms with van der Waals surface area (Å²) in [5.74, 6) is 0.127. The second-order valence-corrected chi connectivity index (χ2v) is 2.74. The number of ether oxygens (including phenoxy) is 1. The molecule has 0 N–H and O–H groups in total. The molecule has 1 aromatic rings. The molecule has 15 heavy (non-hydrogen) atoms.